The third-order valence-corrected chi connectivity index (χ3v) is 6.30. The molecule has 0 radical (unpaired) electrons. The number of ether oxygens (including phenoxy) is 1. The van der Waals surface area contributed by atoms with Crippen molar-refractivity contribution in [2.45, 2.75) is 44.6 Å². The highest BCUT2D eigenvalue weighted by Gasteiger charge is 2.36. The Kier molecular flexibility index (Phi) is 6.02. The molecule has 6 heteroatoms. The standard InChI is InChI=1S/C24H27FN2O3/c1-30-22-15-19(26-23(28)17-8-10-18(25)11-9-17)12-13-20(22)24(29)27-14-4-6-16-5-2-3-7-21(16)27/h8-13,15-16,21H,2-7,14H2,1H3,(H,26,28)/t16-,21-/m0/s1. The second-order valence-corrected chi connectivity index (χ2v) is 8.13. The van der Waals surface area contributed by atoms with E-state index in [0.29, 0.717) is 34.5 Å². The van der Waals surface area contributed by atoms with Crippen LogP contribution in [0.3, 0.4) is 0 Å². The van der Waals surface area contributed by atoms with Crippen molar-refractivity contribution in [2.24, 2.45) is 5.92 Å². The average Bonchev–Trinajstić information content (AvgIpc) is 2.78. The molecular weight excluding hydrogens is 383 g/mol. The zero-order chi connectivity index (χ0) is 21.1. The number of nitrogens with zero attached hydrogens (tertiary/aromatic N) is 1. The number of benzene rings is 2. The number of rotatable bonds is 4. The molecule has 30 heavy (non-hydrogen) atoms. The Labute approximate surface area is 176 Å². The minimum Gasteiger partial charge on any atom is -0.496 e. The van der Waals surface area contributed by atoms with Gasteiger partial charge in [-0.3, -0.25) is 9.59 Å². The van der Waals surface area contributed by atoms with E-state index in [9.17, 15) is 14.0 Å². The van der Waals surface area contributed by atoms with Crippen LogP contribution in [0.15, 0.2) is 42.5 Å². The molecule has 0 aromatic heterocycles. The number of halogens is 1. The van der Waals surface area contributed by atoms with Crippen LogP contribution >= 0.6 is 0 Å². The van der Waals surface area contributed by atoms with Crippen molar-refractivity contribution < 1.29 is 18.7 Å². The Hall–Kier alpha value is -2.89. The lowest BCUT2D eigenvalue weighted by atomic mass is 9.78. The van der Waals surface area contributed by atoms with Crippen LogP contribution < -0.4 is 10.1 Å². The molecule has 5 nitrogen and oxygen atoms in total. The van der Waals surface area contributed by atoms with Gasteiger partial charge >= 0.3 is 0 Å². The minimum absolute atomic E-state index is 0.000129. The smallest absolute Gasteiger partial charge is 0.257 e. The van der Waals surface area contributed by atoms with Crippen LogP contribution in [0.2, 0.25) is 0 Å². The van der Waals surface area contributed by atoms with Crippen molar-refractivity contribution in [3.8, 4) is 5.75 Å². The number of anilines is 1. The van der Waals surface area contributed by atoms with Crippen LogP contribution in [-0.4, -0.2) is 36.4 Å². The molecule has 2 aromatic carbocycles. The van der Waals surface area contributed by atoms with Gasteiger partial charge < -0.3 is 15.0 Å². The SMILES string of the molecule is COc1cc(NC(=O)c2ccc(F)cc2)ccc1C(=O)N1CCC[C@@H]2CCCC[C@@H]21. The van der Waals surface area contributed by atoms with Gasteiger partial charge in [0.25, 0.3) is 11.8 Å². The lowest BCUT2D eigenvalue weighted by molar-refractivity contribution is 0.0388. The van der Waals surface area contributed by atoms with E-state index in [1.807, 2.05) is 4.90 Å². The van der Waals surface area contributed by atoms with Gasteiger partial charge in [-0.15, -0.1) is 0 Å². The normalized spacial score (nSPS) is 20.9. The van der Waals surface area contributed by atoms with Crippen LogP contribution in [0.1, 0.15) is 59.2 Å². The molecule has 2 aliphatic rings. The van der Waals surface area contributed by atoms with Crippen LogP contribution in [-0.2, 0) is 0 Å². The van der Waals surface area contributed by atoms with Gasteiger partial charge in [0.2, 0.25) is 0 Å². The second kappa shape index (κ2) is 8.86. The summed E-state index contributed by atoms with van der Waals surface area (Å²) in [5.74, 6) is 0.303. The summed E-state index contributed by atoms with van der Waals surface area (Å²) in [6, 6.07) is 10.8. The first kappa shape index (κ1) is 20.4. The van der Waals surface area contributed by atoms with Crippen molar-refractivity contribution in [1.29, 1.82) is 0 Å². The Balaban J connectivity index is 1.52. The molecule has 2 aromatic rings. The summed E-state index contributed by atoms with van der Waals surface area (Å²) < 4.78 is 18.6. The molecule has 1 saturated heterocycles. The molecular formula is C24H27FN2O3. The van der Waals surface area contributed by atoms with E-state index in [2.05, 4.69) is 5.32 Å². The van der Waals surface area contributed by atoms with Crippen molar-refractivity contribution in [3.05, 3.63) is 59.4 Å². The van der Waals surface area contributed by atoms with E-state index in [1.54, 1.807) is 18.2 Å². The molecule has 158 valence electrons. The highest BCUT2D eigenvalue weighted by Crippen LogP contribution is 2.37. The molecule has 0 spiro atoms. The molecule has 4 rings (SSSR count). The first-order chi connectivity index (χ1) is 14.6. The average molecular weight is 410 g/mol. The number of amides is 2. The fourth-order valence-electron chi connectivity index (χ4n) is 4.78. The molecule has 2 atom stereocenters. The zero-order valence-corrected chi connectivity index (χ0v) is 17.2. The van der Waals surface area contributed by atoms with Gasteiger partial charge in [-0.1, -0.05) is 12.8 Å². The second-order valence-electron chi connectivity index (χ2n) is 8.13. The molecule has 2 fully saturated rings. The van der Waals surface area contributed by atoms with Gasteiger partial charge in [0, 0.05) is 29.9 Å². The Morgan fingerprint density at radius 1 is 1.03 bits per heavy atom. The van der Waals surface area contributed by atoms with Gasteiger partial charge in [0.05, 0.1) is 12.7 Å². The fraction of sp³-hybridized carbons (Fsp3) is 0.417. The number of methoxy groups -OCH3 is 1. The van der Waals surface area contributed by atoms with Gasteiger partial charge in [-0.05, 0) is 68.0 Å². The number of likely N-dealkylation sites (tertiary alicyclic amines) is 1. The minimum atomic E-state index is -0.394. The van der Waals surface area contributed by atoms with Gasteiger partial charge in [-0.2, -0.15) is 0 Å². The monoisotopic (exact) mass is 410 g/mol. The summed E-state index contributed by atoms with van der Waals surface area (Å²) in [5, 5.41) is 2.78. The molecule has 0 unspecified atom stereocenters. The lowest BCUT2D eigenvalue weighted by Gasteiger charge is -2.44. The molecule has 1 heterocycles. The third-order valence-electron chi connectivity index (χ3n) is 6.30. The number of carbonyl (C=O) groups excluding carboxylic acids is 2. The van der Waals surface area contributed by atoms with Crippen molar-refractivity contribution >= 4 is 17.5 Å². The van der Waals surface area contributed by atoms with Crippen molar-refractivity contribution in [3.63, 3.8) is 0 Å². The predicted octanol–water partition coefficient (Wildman–Crippen LogP) is 4.88. The summed E-state index contributed by atoms with van der Waals surface area (Å²) >= 11 is 0. The van der Waals surface area contributed by atoms with E-state index in [4.69, 9.17) is 4.74 Å². The van der Waals surface area contributed by atoms with Crippen LogP contribution in [0.25, 0.3) is 0 Å². The number of carbonyl (C=O) groups is 2. The molecule has 1 saturated carbocycles. The van der Waals surface area contributed by atoms with E-state index in [-0.39, 0.29) is 11.8 Å². The highest BCUT2D eigenvalue weighted by atomic mass is 19.1. The molecule has 1 aliphatic carbocycles. The number of nitrogens with one attached hydrogen (secondary N) is 1. The zero-order valence-electron chi connectivity index (χ0n) is 17.2. The summed E-state index contributed by atoms with van der Waals surface area (Å²) in [6.07, 6.45) is 6.97. The lowest BCUT2D eigenvalue weighted by Crippen LogP contribution is -2.49. The number of hydrogen-bond donors (Lipinski definition) is 1. The first-order valence-corrected chi connectivity index (χ1v) is 10.6. The quantitative estimate of drug-likeness (QED) is 0.781. The van der Waals surface area contributed by atoms with E-state index < -0.39 is 5.82 Å². The Morgan fingerprint density at radius 2 is 1.77 bits per heavy atom. The van der Waals surface area contributed by atoms with E-state index in [1.165, 1.54) is 57.1 Å². The molecule has 2 amide bonds. The van der Waals surface area contributed by atoms with Gasteiger partial charge in [0.15, 0.2) is 0 Å². The summed E-state index contributed by atoms with van der Waals surface area (Å²) in [6.45, 7) is 0.784. The van der Waals surface area contributed by atoms with E-state index in [0.717, 1.165) is 19.4 Å². The highest BCUT2D eigenvalue weighted by molar-refractivity contribution is 6.05. The summed E-state index contributed by atoms with van der Waals surface area (Å²) in [5.41, 5.74) is 1.39. The van der Waals surface area contributed by atoms with Crippen molar-refractivity contribution in [1.82, 2.24) is 4.90 Å². The van der Waals surface area contributed by atoms with Crippen molar-refractivity contribution in [2.75, 3.05) is 19.0 Å². The fourth-order valence-corrected chi connectivity index (χ4v) is 4.78. The number of fused-ring (bicyclic) bond motifs is 1. The van der Waals surface area contributed by atoms with Gasteiger partial charge in [0.1, 0.15) is 11.6 Å². The van der Waals surface area contributed by atoms with E-state index >= 15 is 0 Å². The third kappa shape index (κ3) is 4.18. The van der Waals surface area contributed by atoms with Gasteiger partial charge in [-0.25, -0.2) is 4.39 Å². The summed E-state index contributed by atoms with van der Waals surface area (Å²) in [4.78, 5) is 27.8. The van der Waals surface area contributed by atoms with Crippen LogP contribution in [0.5, 0.6) is 5.75 Å². The maximum absolute atomic E-state index is 13.3. The van der Waals surface area contributed by atoms with Crippen LogP contribution in [0.4, 0.5) is 10.1 Å². The molecule has 1 aliphatic heterocycles. The molecule has 1 N–H and O–H groups in total. The maximum atomic E-state index is 13.3. The topological polar surface area (TPSA) is 58.6 Å². The number of hydrogen-bond acceptors (Lipinski definition) is 3. The largest absolute Gasteiger partial charge is 0.496 e. The Morgan fingerprint density at radius 3 is 2.53 bits per heavy atom. The number of piperidine rings is 1. The summed E-state index contributed by atoms with van der Waals surface area (Å²) in [7, 11) is 1.53. The Bertz CT molecular complexity index is 927. The maximum Gasteiger partial charge on any atom is 0.257 e. The van der Waals surface area contributed by atoms with Crippen LogP contribution in [0, 0.1) is 11.7 Å². The first-order valence-electron chi connectivity index (χ1n) is 10.6. The molecule has 0 bridgehead atoms. The predicted molar refractivity (Wildman–Crippen MR) is 113 cm³/mol.